The molecule has 0 spiro atoms. The number of rotatable bonds is 10. The fraction of sp³-hybridized carbons (Fsp3) is 0.767. The van der Waals surface area contributed by atoms with Gasteiger partial charge in [0.15, 0.2) is 6.10 Å². The Balaban J connectivity index is 1.74. The highest BCUT2D eigenvalue weighted by molar-refractivity contribution is 5.83. The van der Waals surface area contributed by atoms with Crippen molar-refractivity contribution in [3.63, 3.8) is 0 Å². The van der Waals surface area contributed by atoms with Crippen molar-refractivity contribution in [2.24, 2.45) is 5.41 Å². The number of methoxy groups -OCH3 is 1. The highest BCUT2D eigenvalue weighted by Gasteiger charge is 2.57. The van der Waals surface area contributed by atoms with Crippen molar-refractivity contribution in [3.8, 4) is 0 Å². The van der Waals surface area contributed by atoms with Crippen molar-refractivity contribution < 1.29 is 67.7 Å². The molecule has 11 atom stereocenters. The summed E-state index contributed by atoms with van der Waals surface area (Å²) >= 11 is 0. The molecular formula is C43H66O14. The van der Waals surface area contributed by atoms with Gasteiger partial charge in [-0.15, -0.1) is 0 Å². The highest BCUT2D eigenvalue weighted by atomic mass is 16.7. The number of aliphatic hydroxyl groups is 3. The molecule has 14 nitrogen and oxygen atoms in total. The fourth-order valence-electron chi connectivity index (χ4n) is 8.31. The fourth-order valence-corrected chi connectivity index (χ4v) is 8.31. The number of cyclic esters (lactones) is 1. The molecule has 3 fully saturated rings. The van der Waals surface area contributed by atoms with Crippen LogP contribution in [0.15, 0.2) is 36.0 Å². The van der Waals surface area contributed by atoms with Crippen LogP contribution in [0, 0.1) is 5.41 Å². The Morgan fingerprint density at radius 2 is 1.65 bits per heavy atom. The lowest BCUT2D eigenvalue weighted by atomic mass is 9.74. The van der Waals surface area contributed by atoms with Gasteiger partial charge in [-0.3, -0.25) is 14.4 Å². The van der Waals surface area contributed by atoms with Crippen molar-refractivity contribution in [2.75, 3.05) is 7.11 Å². The van der Waals surface area contributed by atoms with Crippen LogP contribution in [0.1, 0.15) is 131 Å². The van der Waals surface area contributed by atoms with Gasteiger partial charge < -0.3 is 48.5 Å². The number of aliphatic hydroxyl groups excluding tert-OH is 2. The average molecular weight is 807 g/mol. The van der Waals surface area contributed by atoms with Gasteiger partial charge in [0.05, 0.1) is 56.3 Å². The smallest absolute Gasteiger partial charge is 0.330 e. The van der Waals surface area contributed by atoms with Gasteiger partial charge in [0, 0.05) is 56.9 Å². The monoisotopic (exact) mass is 806 g/mol. The van der Waals surface area contributed by atoms with Crippen LogP contribution in [0.4, 0.5) is 0 Å². The summed E-state index contributed by atoms with van der Waals surface area (Å²) in [5, 5.41) is 34.7. The van der Waals surface area contributed by atoms with Crippen molar-refractivity contribution in [3.05, 3.63) is 36.0 Å². The molecule has 0 radical (unpaired) electrons. The predicted octanol–water partition coefficient (Wildman–Crippen LogP) is 5.23. The van der Waals surface area contributed by atoms with E-state index in [2.05, 4.69) is 13.5 Å². The predicted molar refractivity (Wildman–Crippen MR) is 207 cm³/mol. The minimum Gasteiger partial charge on any atom is -0.466 e. The molecule has 0 amide bonds. The average Bonchev–Trinajstić information content (AvgIpc) is 3.10. The third-order valence-corrected chi connectivity index (χ3v) is 11.3. The van der Waals surface area contributed by atoms with E-state index in [0.29, 0.717) is 38.5 Å². The van der Waals surface area contributed by atoms with E-state index in [1.807, 2.05) is 6.08 Å². The Morgan fingerprint density at radius 3 is 2.32 bits per heavy atom. The Hall–Kier alpha value is -3.14. The second-order valence-electron chi connectivity index (χ2n) is 16.9. The topological polar surface area (TPSA) is 194 Å². The molecule has 4 aliphatic rings. The normalized spacial score (nSPS) is 35.6. The summed E-state index contributed by atoms with van der Waals surface area (Å²) in [6, 6.07) is 0. The first-order valence-electron chi connectivity index (χ1n) is 20.7. The molecule has 6 bridgehead atoms. The van der Waals surface area contributed by atoms with Crippen LogP contribution in [-0.2, 0) is 52.3 Å². The van der Waals surface area contributed by atoms with Crippen LogP contribution in [0.5, 0.6) is 0 Å². The zero-order chi connectivity index (χ0) is 41.9. The van der Waals surface area contributed by atoms with Gasteiger partial charge in [-0.2, -0.15) is 0 Å². The van der Waals surface area contributed by atoms with E-state index in [9.17, 15) is 34.5 Å². The Morgan fingerprint density at radius 1 is 0.947 bits per heavy atom. The maximum absolute atomic E-state index is 13.4. The van der Waals surface area contributed by atoms with Crippen LogP contribution in [0.2, 0.25) is 0 Å². The first-order valence-corrected chi connectivity index (χ1v) is 20.7. The molecule has 3 N–H and O–H groups in total. The molecule has 0 aromatic rings. The van der Waals surface area contributed by atoms with E-state index in [-0.39, 0.29) is 43.5 Å². The minimum absolute atomic E-state index is 0.0357. The lowest BCUT2D eigenvalue weighted by molar-refractivity contribution is -0.327. The van der Waals surface area contributed by atoms with Gasteiger partial charge in [-0.25, -0.2) is 4.79 Å². The molecule has 4 aliphatic heterocycles. The Kier molecular flexibility index (Phi) is 17.3. The number of carbonyl (C=O) groups excluding carboxylic acids is 4. The van der Waals surface area contributed by atoms with E-state index >= 15 is 0 Å². The quantitative estimate of drug-likeness (QED) is 0.0855. The lowest BCUT2D eigenvalue weighted by Crippen LogP contribution is -2.62. The number of unbranched alkanes of at least 4 members (excludes halogenated alkanes) is 4. The third-order valence-electron chi connectivity index (χ3n) is 11.3. The van der Waals surface area contributed by atoms with E-state index in [4.69, 9.17) is 33.2 Å². The summed E-state index contributed by atoms with van der Waals surface area (Å²) in [5.41, 5.74) is -0.135. The first-order chi connectivity index (χ1) is 26.9. The standard InChI is InChI=1S/C43H66O14/c1-8-9-10-11-12-13-38(47)56-41-29(19-39(48)51-7)18-36-25-37(27(3)44)55-40(49)21-30(46)20-33-23-34(52-28(4)45)24-35(54-33)22-32-17-26(2)16-31(53-32)14-15-42(5,6)43(41,50)57-36/h14-15,19,27,30-37,41,44,46,50H,2,8-13,16-18,20-25H2,1,3-7H3/b15-14+,29-19+/t27-,30-,31+,32+,33-,34+,35+,36+,37-,41+,43-/m1/s1. The van der Waals surface area contributed by atoms with Crippen molar-refractivity contribution in [1.29, 1.82) is 0 Å². The van der Waals surface area contributed by atoms with E-state index in [1.165, 1.54) is 27.0 Å². The molecule has 57 heavy (non-hydrogen) atoms. The molecule has 14 heteroatoms. The van der Waals surface area contributed by atoms with Crippen LogP contribution >= 0.6 is 0 Å². The number of esters is 4. The van der Waals surface area contributed by atoms with Gasteiger partial charge in [0.2, 0.25) is 5.79 Å². The lowest BCUT2D eigenvalue weighted by Gasteiger charge is -2.51. The maximum Gasteiger partial charge on any atom is 0.330 e. The van der Waals surface area contributed by atoms with Crippen molar-refractivity contribution in [1.82, 2.24) is 0 Å². The van der Waals surface area contributed by atoms with Crippen LogP contribution in [0.25, 0.3) is 0 Å². The zero-order valence-corrected chi connectivity index (χ0v) is 34.7. The molecule has 4 rings (SSSR count). The molecule has 322 valence electrons. The van der Waals surface area contributed by atoms with E-state index < -0.39 is 90.3 Å². The molecule has 0 aromatic carbocycles. The van der Waals surface area contributed by atoms with Crippen LogP contribution in [0.3, 0.4) is 0 Å². The first kappa shape index (κ1) is 46.5. The highest BCUT2D eigenvalue weighted by Crippen LogP contribution is 2.47. The molecule has 3 saturated heterocycles. The van der Waals surface area contributed by atoms with Crippen LogP contribution in [-0.4, -0.2) is 113 Å². The zero-order valence-electron chi connectivity index (χ0n) is 34.7. The Bertz CT molecular complexity index is 1450. The molecule has 0 saturated carbocycles. The van der Waals surface area contributed by atoms with Gasteiger partial charge in [-0.1, -0.05) is 70.8 Å². The van der Waals surface area contributed by atoms with Gasteiger partial charge in [0.25, 0.3) is 0 Å². The number of carbonyl (C=O) groups is 4. The van der Waals surface area contributed by atoms with Gasteiger partial charge in [-0.05, 0) is 38.2 Å². The third kappa shape index (κ3) is 13.7. The Labute approximate surface area is 337 Å². The van der Waals surface area contributed by atoms with Crippen LogP contribution < -0.4 is 0 Å². The largest absolute Gasteiger partial charge is 0.466 e. The minimum atomic E-state index is -2.28. The summed E-state index contributed by atoms with van der Waals surface area (Å²) in [7, 11) is 1.21. The van der Waals surface area contributed by atoms with E-state index in [1.54, 1.807) is 19.9 Å². The van der Waals surface area contributed by atoms with Crippen molar-refractivity contribution >= 4 is 23.9 Å². The van der Waals surface area contributed by atoms with Gasteiger partial charge >= 0.3 is 23.9 Å². The number of hydrogen-bond donors (Lipinski definition) is 3. The van der Waals surface area contributed by atoms with E-state index in [0.717, 1.165) is 31.3 Å². The number of hydrogen-bond acceptors (Lipinski definition) is 14. The summed E-state index contributed by atoms with van der Waals surface area (Å²) in [4.78, 5) is 51.4. The number of fused-ring (bicyclic) bond motifs is 6. The second-order valence-corrected chi connectivity index (χ2v) is 16.9. The summed E-state index contributed by atoms with van der Waals surface area (Å²) < 4.78 is 41.8. The molecular weight excluding hydrogens is 740 g/mol. The SMILES string of the molecule is C=C1C[C@H]2C[C@H]3C[C@@H](OC(C)=O)C[C@@H](C[C@@H](O)CC(=O)O[C@@H]([C@@H](C)O)C[C@@H]4C/C(=C\C(=O)OC)[C@H](OC(=O)CCCCCCC)[C@@](O)(O4)C(C)(C)/C=C/[C@@H](C1)O2)O3. The molecule has 4 heterocycles. The van der Waals surface area contributed by atoms with Gasteiger partial charge in [0.1, 0.15) is 12.2 Å². The summed E-state index contributed by atoms with van der Waals surface area (Å²) in [5.74, 6) is -4.79. The molecule has 0 unspecified atom stereocenters. The molecule has 0 aromatic heterocycles. The number of ether oxygens (including phenoxy) is 7. The second kappa shape index (κ2) is 21.2. The van der Waals surface area contributed by atoms with Crippen molar-refractivity contribution in [2.45, 2.75) is 198 Å². The molecule has 0 aliphatic carbocycles. The summed E-state index contributed by atoms with van der Waals surface area (Å²) in [6.07, 6.45) is 3.11. The summed E-state index contributed by atoms with van der Waals surface area (Å²) in [6.45, 7) is 12.6. The maximum atomic E-state index is 13.4.